The van der Waals surface area contributed by atoms with Gasteiger partial charge in [0.15, 0.2) is 0 Å². The molecule has 0 aromatic heterocycles. The van der Waals surface area contributed by atoms with Crippen LogP contribution in [0.2, 0.25) is 5.02 Å². The van der Waals surface area contributed by atoms with Gasteiger partial charge in [-0.2, -0.15) is 0 Å². The number of aliphatic imine (C=N–C) groups is 1. The highest BCUT2D eigenvalue weighted by molar-refractivity contribution is 6.32. The summed E-state index contributed by atoms with van der Waals surface area (Å²) in [7, 11) is 0. The van der Waals surface area contributed by atoms with Crippen LogP contribution in [0.15, 0.2) is 53.5 Å². The lowest BCUT2D eigenvalue weighted by Gasteiger charge is -2.13. The zero-order chi connectivity index (χ0) is 18.0. The number of amides is 1. The largest absolute Gasteiger partial charge is 0.430 e. The Labute approximate surface area is 150 Å². The van der Waals surface area contributed by atoms with E-state index in [-0.39, 0.29) is 5.92 Å². The molecule has 0 fully saturated rings. The molecule has 1 amide bonds. The van der Waals surface area contributed by atoms with E-state index < -0.39 is 18.1 Å². The number of carbonyl (C=O) groups is 2. The smallest absolute Gasteiger partial charge is 0.310 e. The maximum absolute atomic E-state index is 12.5. The molecule has 1 heterocycles. The van der Waals surface area contributed by atoms with Crippen LogP contribution in [0.1, 0.15) is 25.0 Å². The van der Waals surface area contributed by atoms with Gasteiger partial charge in [-0.05, 0) is 18.2 Å². The van der Waals surface area contributed by atoms with E-state index in [1.165, 1.54) is 0 Å². The first-order chi connectivity index (χ1) is 12.0. The zero-order valence-electron chi connectivity index (χ0n) is 13.8. The summed E-state index contributed by atoms with van der Waals surface area (Å²) in [6.45, 7) is 3.40. The number of hydrogen-bond donors (Lipinski definition) is 1. The molecule has 0 spiro atoms. The number of anilines is 1. The van der Waals surface area contributed by atoms with Crippen LogP contribution in [0.5, 0.6) is 0 Å². The Morgan fingerprint density at radius 3 is 2.64 bits per heavy atom. The highest BCUT2D eigenvalue weighted by atomic mass is 35.5. The Balaban J connectivity index is 2.12. The van der Waals surface area contributed by atoms with Crippen LogP contribution in [-0.2, 0) is 14.3 Å². The lowest BCUT2D eigenvalue weighted by Crippen LogP contribution is -2.31. The second kappa shape index (κ2) is 7.07. The number of hydrogen-bond acceptors (Lipinski definition) is 4. The summed E-state index contributed by atoms with van der Waals surface area (Å²) in [4.78, 5) is 28.8. The van der Waals surface area contributed by atoms with E-state index >= 15 is 0 Å². The van der Waals surface area contributed by atoms with Gasteiger partial charge >= 0.3 is 5.97 Å². The molecule has 2 aromatic carbocycles. The van der Waals surface area contributed by atoms with Crippen LogP contribution >= 0.6 is 11.6 Å². The van der Waals surface area contributed by atoms with Crippen molar-refractivity contribution in [1.29, 1.82) is 0 Å². The summed E-state index contributed by atoms with van der Waals surface area (Å²) in [5.74, 6) is -1.34. The van der Waals surface area contributed by atoms with Gasteiger partial charge in [-0.15, -0.1) is 0 Å². The zero-order valence-corrected chi connectivity index (χ0v) is 14.6. The van der Waals surface area contributed by atoms with Crippen molar-refractivity contribution < 1.29 is 14.3 Å². The molecule has 1 aliphatic heterocycles. The minimum Gasteiger partial charge on any atom is -0.430 e. The van der Waals surface area contributed by atoms with Gasteiger partial charge < -0.3 is 10.1 Å². The molecule has 128 valence electrons. The molecule has 0 aliphatic carbocycles. The molecule has 1 aliphatic rings. The normalized spacial score (nSPS) is 16.6. The fourth-order valence-corrected chi connectivity index (χ4v) is 2.59. The molecule has 1 atom stereocenters. The number of benzene rings is 2. The molecule has 6 heteroatoms. The topological polar surface area (TPSA) is 67.8 Å². The number of esters is 1. The monoisotopic (exact) mass is 358 g/mol. The number of nitrogens with one attached hydrogen (secondary N) is 1. The lowest BCUT2D eigenvalue weighted by molar-refractivity contribution is -0.156. The quantitative estimate of drug-likeness (QED) is 0.851. The molecular weight excluding hydrogens is 342 g/mol. The number of fused-ring (bicyclic) bond motifs is 1. The second-order valence-electron chi connectivity index (χ2n) is 5.97. The molecule has 3 rings (SSSR count). The first-order valence-electron chi connectivity index (χ1n) is 7.90. The summed E-state index contributed by atoms with van der Waals surface area (Å²) in [6, 6.07) is 14.5. The summed E-state index contributed by atoms with van der Waals surface area (Å²) in [5.41, 5.74) is 2.58. The fourth-order valence-electron chi connectivity index (χ4n) is 2.41. The fraction of sp³-hybridized carbons (Fsp3) is 0.211. The van der Waals surface area contributed by atoms with Gasteiger partial charge in [0.25, 0.3) is 12.1 Å². The van der Waals surface area contributed by atoms with Crippen LogP contribution < -0.4 is 5.32 Å². The molecule has 1 N–H and O–H groups in total. The molecule has 0 saturated heterocycles. The predicted molar refractivity (Wildman–Crippen MR) is 96.9 cm³/mol. The van der Waals surface area contributed by atoms with Crippen molar-refractivity contribution in [3.63, 3.8) is 0 Å². The Morgan fingerprint density at radius 1 is 1.24 bits per heavy atom. The van der Waals surface area contributed by atoms with Crippen LogP contribution in [0.25, 0.3) is 0 Å². The Kier molecular flexibility index (Phi) is 4.86. The van der Waals surface area contributed by atoms with Gasteiger partial charge in [0.2, 0.25) is 0 Å². The number of benzodiazepines with no additional fused rings is 1. The maximum Gasteiger partial charge on any atom is 0.310 e. The SMILES string of the molecule is CC(C)C(=O)OC1N=C(c2ccccc2)c2cc(Cl)ccc2N[14C]1=O. The molecule has 0 radical (unpaired) electrons. The minimum absolute atomic E-state index is 0.358. The third kappa shape index (κ3) is 3.72. The van der Waals surface area contributed by atoms with E-state index in [0.717, 1.165) is 5.56 Å². The Hall–Kier alpha value is -2.66. The van der Waals surface area contributed by atoms with Crippen molar-refractivity contribution in [1.82, 2.24) is 0 Å². The van der Waals surface area contributed by atoms with E-state index in [1.807, 2.05) is 30.3 Å². The lowest BCUT2D eigenvalue weighted by atomic mass is 10.0. The summed E-state index contributed by atoms with van der Waals surface area (Å²) in [5, 5.41) is 3.28. The van der Waals surface area contributed by atoms with E-state index in [0.29, 0.717) is 22.0 Å². The highest BCUT2D eigenvalue weighted by Gasteiger charge is 2.29. The first-order valence-corrected chi connectivity index (χ1v) is 8.28. The van der Waals surface area contributed by atoms with E-state index in [4.69, 9.17) is 16.3 Å². The summed E-state index contributed by atoms with van der Waals surface area (Å²) >= 11 is 6.13. The van der Waals surface area contributed by atoms with Gasteiger partial charge in [0.05, 0.1) is 17.3 Å². The van der Waals surface area contributed by atoms with Crippen molar-refractivity contribution in [3.8, 4) is 0 Å². The van der Waals surface area contributed by atoms with E-state index in [2.05, 4.69) is 10.3 Å². The van der Waals surface area contributed by atoms with Gasteiger partial charge in [-0.3, -0.25) is 9.59 Å². The third-order valence-electron chi connectivity index (χ3n) is 3.71. The van der Waals surface area contributed by atoms with Gasteiger partial charge in [-0.25, -0.2) is 4.99 Å². The number of carbonyl (C=O) groups excluding carboxylic acids is 2. The number of rotatable bonds is 3. The molecule has 0 bridgehead atoms. The molecule has 5 nitrogen and oxygen atoms in total. The Bertz CT molecular complexity index is 847. The summed E-state index contributed by atoms with van der Waals surface area (Å²) in [6.07, 6.45) is -1.25. The number of halogens is 1. The minimum atomic E-state index is -1.25. The van der Waals surface area contributed by atoms with Crippen molar-refractivity contribution in [3.05, 3.63) is 64.7 Å². The maximum atomic E-state index is 12.5. The van der Waals surface area contributed by atoms with Gasteiger partial charge in [0.1, 0.15) is 0 Å². The van der Waals surface area contributed by atoms with E-state index in [9.17, 15) is 9.59 Å². The average Bonchev–Trinajstić information content (AvgIpc) is 2.72. The highest BCUT2D eigenvalue weighted by Crippen LogP contribution is 2.27. The van der Waals surface area contributed by atoms with Crippen molar-refractivity contribution in [2.75, 3.05) is 5.32 Å². The first kappa shape index (κ1) is 17.2. The Morgan fingerprint density at radius 2 is 1.96 bits per heavy atom. The van der Waals surface area contributed by atoms with Crippen LogP contribution in [0, 0.1) is 5.92 Å². The average molecular weight is 359 g/mol. The molecule has 25 heavy (non-hydrogen) atoms. The van der Waals surface area contributed by atoms with Crippen LogP contribution in [0.3, 0.4) is 0 Å². The third-order valence-corrected chi connectivity index (χ3v) is 3.95. The standard InChI is InChI=1S/C19H17ClN2O3/c1-11(2)19(24)25-18-17(23)21-15-9-8-13(20)10-14(15)16(22-18)12-6-4-3-5-7-12/h3-11,18H,1-2H3,(H,21,23)/i17+2. The molecule has 0 saturated carbocycles. The predicted octanol–water partition coefficient (Wildman–Crippen LogP) is 3.65. The van der Waals surface area contributed by atoms with Crippen molar-refractivity contribution >= 4 is 34.9 Å². The molecular formula is C19H17ClN2O3. The molecule has 1 unspecified atom stereocenters. The van der Waals surface area contributed by atoms with E-state index in [1.54, 1.807) is 32.0 Å². The summed E-state index contributed by atoms with van der Waals surface area (Å²) < 4.78 is 5.29. The number of nitrogens with zero attached hydrogens (tertiary/aromatic N) is 1. The van der Waals surface area contributed by atoms with Crippen molar-refractivity contribution in [2.45, 2.75) is 20.1 Å². The van der Waals surface area contributed by atoms with Gasteiger partial charge in [0, 0.05) is 16.1 Å². The second-order valence-corrected chi connectivity index (χ2v) is 6.40. The van der Waals surface area contributed by atoms with Crippen LogP contribution in [-0.4, -0.2) is 23.8 Å². The number of ether oxygens (including phenoxy) is 1. The van der Waals surface area contributed by atoms with Crippen molar-refractivity contribution in [2.24, 2.45) is 10.9 Å². The molecule has 2 aromatic rings. The van der Waals surface area contributed by atoms with Gasteiger partial charge in [-0.1, -0.05) is 55.8 Å². The van der Waals surface area contributed by atoms with Crippen LogP contribution in [0.4, 0.5) is 5.69 Å².